The van der Waals surface area contributed by atoms with Crippen molar-refractivity contribution in [3.8, 4) is 0 Å². The Morgan fingerprint density at radius 2 is 2.00 bits per heavy atom. The van der Waals surface area contributed by atoms with E-state index < -0.39 is 0 Å². The van der Waals surface area contributed by atoms with Gasteiger partial charge < -0.3 is 5.73 Å². The van der Waals surface area contributed by atoms with E-state index in [4.69, 9.17) is 5.73 Å². The van der Waals surface area contributed by atoms with Crippen LogP contribution in [-0.2, 0) is 0 Å². The Labute approximate surface area is 123 Å². The second-order valence-electron chi connectivity index (χ2n) is 5.76. The molecule has 1 rings (SSSR count). The van der Waals surface area contributed by atoms with Crippen molar-refractivity contribution in [2.24, 2.45) is 22.1 Å². The summed E-state index contributed by atoms with van der Waals surface area (Å²) in [5.74, 6) is 0.426. The first kappa shape index (κ1) is 16.5. The van der Waals surface area contributed by atoms with Crippen LogP contribution in [0.25, 0.3) is 0 Å². The largest absolute Gasteiger partial charge is 0.404 e. The molecule has 0 saturated heterocycles. The first-order chi connectivity index (χ1) is 9.47. The van der Waals surface area contributed by atoms with Crippen LogP contribution in [0.1, 0.15) is 40.5 Å². The van der Waals surface area contributed by atoms with Crippen LogP contribution in [0.15, 0.2) is 52.7 Å². The fourth-order valence-corrected chi connectivity index (χ4v) is 3.10. The van der Waals surface area contributed by atoms with E-state index in [1.54, 1.807) is 6.20 Å². The van der Waals surface area contributed by atoms with Crippen LogP contribution in [0.2, 0.25) is 0 Å². The Kier molecular flexibility index (Phi) is 5.55. The number of hydrogen-bond acceptors (Lipinski definition) is 2. The summed E-state index contributed by atoms with van der Waals surface area (Å²) in [7, 11) is 1.87. The summed E-state index contributed by atoms with van der Waals surface area (Å²) < 4.78 is 0. The van der Waals surface area contributed by atoms with Crippen LogP contribution in [0, 0.1) is 11.3 Å². The zero-order chi connectivity index (χ0) is 15.3. The van der Waals surface area contributed by atoms with Crippen LogP contribution < -0.4 is 5.73 Å². The highest BCUT2D eigenvalue weighted by molar-refractivity contribution is 6.07. The lowest BCUT2D eigenvalue weighted by atomic mass is 9.67. The molecule has 110 valence electrons. The first-order valence-corrected chi connectivity index (χ1v) is 7.34. The molecular formula is C18H28N2. The molecule has 2 heteroatoms. The Morgan fingerprint density at radius 3 is 2.40 bits per heavy atom. The molecule has 0 heterocycles. The highest BCUT2D eigenvalue weighted by Gasteiger charge is 2.40. The van der Waals surface area contributed by atoms with E-state index in [2.05, 4.69) is 51.4 Å². The average Bonchev–Trinajstić information content (AvgIpc) is 2.55. The molecule has 0 fully saturated rings. The lowest BCUT2D eigenvalue weighted by Gasteiger charge is -2.37. The summed E-state index contributed by atoms with van der Waals surface area (Å²) in [5, 5.41) is 0. The second kappa shape index (κ2) is 6.74. The molecule has 1 aliphatic rings. The topological polar surface area (TPSA) is 38.4 Å². The number of hydrogen-bond donors (Lipinski definition) is 1. The van der Waals surface area contributed by atoms with E-state index in [0.29, 0.717) is 5.92 Å². The van der Waals surface area contributed by atoms with E-state index in [1.165, 1.54) is 11.1 Å². The van der Waals surface area contributed by atoms with Gasteiger partial charge in [-0.3, -0.25) is 4.99 Å². The van der Waals surface area contributed by atoms with E-state index >= 15 is 0 Å². The molecule has 2 nitrogen and oxygen atoms in total. The summed E-state index contributed by atoms with van der Waals surface area (Å²) in [6, 6.07) is 0. The van der Waals surface area contributed by atoms with E-state index in [0.717, 1.165) is 24.1 Å². The maximum Gasteiger partial charge on any atom is 0.0496 e. The Morgan fingerprint density at radius 1 is 1.35 bits per heavy atom. The van der Waals surface area contributed by atoms with Crippen molar-refractivity contribution in [2.75, 3.05) is 7.05 Å². The lowest BCUT2D eigenvalue weighted by molar-refractivity contribution is 0.397. The van der Waals surface area contributed by atoms with Gasteiger partial charge in [0.15, 0.2) is 0 Å². The van der Waals surface area contributed by atoms with Crippen molar-refractivity contribution >= 4 is 5.71 Å². The number of nitrogens with two attached hydrogens (primary N) is 1. The molecule has 1 unspecified atom stereocenters. The third-order valence-corrected chi connectivity index (χ3v) is 4.52. The van der Waals surface area contributed by atoms with Gasteiger partial charge in [0.1, 0.15) is 0 Å². The fraction of sp³-hybridized carbons (Fsp3) is 0.500. The van der Waals surface area contributed by atoms with Crippen LogP contribution in [0.3, 0.4) is 0 Å². The molecule has 1 atom stereocenters. The normalized spacial score (nSPS) is 28.7. The Bertz CT molecular complexity index is 490. The van der Waals surface area contributed by atoms with Gasteiger partial charge in [0.25, 0.3) is 0 Å². The third-order valence-electron chi connectivity index (χ3n) is 4.52. The highest BCUT2D eigenvalue weighted by Crippen LogP contribution is 2.45. The molecule has 0 amide bonds. The maximum absolute atomic E-state index is 5.86. The molecule has 0 aromatic carbocycles. The number of nitrogens with zero attached hydrogens (tertiary/aromatic N) is 1. The number of rotatable bonds is 3. The van der Waals surface area contributed by atoms with Crippen molar-refractivity contribution in [3.63, 3.8) is 0 Å². The third kappa shape index (κ3) is 2.65. The molecule has 1 aliphatic carbocycles. The van der Waals surface area contributed by atoms with Gasteiger partial charge in [-0.15, -0.1) is 0 Å². The van der Waals surface area contributed by atoms with Crippen molar-refractivity contribution in [3.05, 3.63) is 47.7 Å². The molecular weight excluding hydrogens is 244 g/mol. The molecule has 20 heavy (non-hydrogen) atoms. The Balaban J connectivity index is 3.69. The molecule has 0 saturated carbocycles. The summed E-state index contributed by atoms with van der Waals surface area (Å²) >= 11 is 0. The number of allylic oxidation sites excluding steroid dienone is 6. The average molecular weight is 272 g/mol. The molecule has 0 radical (unpaired) electrons. The summed E-state index contributed by atoms with van der Waals surface area (Å²) in [5.41, 5.74) is 10.6. The van der Waals surface area contributed by atoms with Gasteiger partial charge in [0, 0.05) is 18.2 Å². The summed E-state index contributed by atoms with van der Waals surface area (Å²) in [6.45, 7) is 12.8. The molecule has 0 aliphatic heterocycles. The van der Waals surface area contributed by atoms with Crippen LogP contribution in [0.5, 0.6) is 0 Å². The van der Waals surface area contributed by atoms with Crippen LogP contribution in [0.4, 0.5) is 0 Å². The summed E-state index contributed by atoms with van der Waals surface area (Å²) in [4.78, 5) is 4.60. The zero-order valence-corrected chi connectivity index (χ0v) is 13.5. The minimum absolute atomic E-state index is 0.132. The first-order valence-electron chi connectivity index (χ1n) is 7.34. The molecule has 0 spiro atoms. The SMILES string of the molecule is C=CC1=C(/C=C\C)C(C)(C(C)C)C(=NC)/C(=C\N)CC1. The van der Waals surface area contributed by atoms with Crippen molar-refractivity contribution in [2.45, 2.75) is 40.5 Å². The fourth-order valence-electron chi connectivity index (χ4n) is 3.10. The van der Waals surface area contributed by atoms with E-state index in [1.807, 2.05) is 13.1 Å². The standard InChI is InChI=1S/C18H28N2/c1-7-9-16-14(8-2)10-11-15(12-19)17(20-6)18(16,5)13(3)4/h7-9,12-13H,2,10-11,19H2,1,3-6H3/b9-7-,15-12-,20-17?. The van der Waals surface area contributed by atoms with Crippen LogP contribution in [-0.4, -0.2) is 12.8 Å². The maximum atomic E-state index is 5.86. The van der Waals surface area contributed by atoms with Gasteiger partial charge >= 0.3 is 0 Å². The summed E-state index contributed by atoms with van der Waals surface area (Å²) in [6.07, 6.45) is 9.91. The quantitative estimate of drug-likeness (QED) is 0.811. The van der Waals surface area contributed by atoms with Crippen molar-refractivity contribution in [1.82, 2.24) is 0 Å². The molecule has 0 bridgehead atoms. The minimum Gasteiger partial charge on any atom is -0.404 e. The van der Waals surface area contributed by atoms with Crippen LogP contribution >= 0.6 is 0 Å². The molecule has 2 N–H and O–H groups in total. The Hall–Kier alpha value is -1.57. The monoisotopic (exact) mass is 272 g/mol. The minimum atomic E-state index is -0.132. The zero-order valence-electron chi connectivity index (χ0n) is 13.5. The van der Waals surface area contributed by atoms with E-state index in [-0.39, 0.29) is 5.41 Å². The number of aliphatic imine (C=N–C) groups is 1. The molecule has 0 aromatic rings. The van der Waals surface area contributed by atoms with Crippen molar-refractivity contribution in [1.29, 1.82) is 0 Å². The van der Waals surface area contributed by atoms with Crippen molar-refractivity contribution < 1.29 is 0 Å². The molecule has 0 aromatic heterocycles. The lowest BCUT2D eigenvalue weighted by Crippen LogP contribution is -2.36. The second-order valence-corrected chi connectivity index (χ2v) is 5.76. The van der Waals surface area contributed by atoms with Gasteiger partial charge in [0.05, 0.1) is 0 Å². The smallest absolute Gasteiger partial charge is 0.0496 e. The predicted molar refractivity (Wildman–Crippen MR) is 89.8 cm³/mol. The predicted octanol–water partition coefficient (Wildman–Crippen LogP) is 4.41. The van der Waals surface area contributed by atoms with E-state index in [9.17, 15) is 0 Å². The van der Waals surface area contributed by atoms with Gasteiger partial charge in [0.2, 0.25) is 0 Å². The highest BCUT2D eigenvalue weighted by atomic mass is 14.7. The van der Waals surface area contributed by atoms with Gasteiger partial charge in [-0.1, -0.05) is 38.7 Å². The van der Waals surface area contributed by atoms with Gasteiger partial charge in [-0.25, -0.2) is 0 Å². The van der Waals surface area contributed by atoms with Gasteiger partial charge in [-0.05, 0) is 55.5 Å². The van der Waals surface area contributed by atoms with Gasteiger partial charge in [-0.2, -0.15) is 0 Å².